The molecular weight excluding hydrogens is 354 g/mol. The third-order valence-corrected chi connectivity index (χ3v) is 6.94. The van der Waals surface area contributed by atoms with Crippen molar-refractivity contribution in [2.24, 2.45) is 11.8 Å². The van der Waals surface area contributed by atoms with E-state index in [1.165, 1.54) is 22.3 Å². The molecule has 2 aromatic rings. The third kappa shape index (κ3) is 3.78. The van der Waals surface area contributed by atoms with Crippen molar-refractivity contribution in [2.45, 2.75) is 51.4 Å². The Bertz CT molecular complexity index is 829. The van der Waals surface area contributed by atoms with Gasteiger partial charge in [-0.25, -0.2) is 0 Å². The SMILES string of the molecule is Cc1ccc([C@@H]2CC[C@H]3C(=O)NC[C@@H]3CC[C@H]2c2ccc(Cl)cc2)c(C)c1. The molecule has 1 saturated carbocycles. The van der Waals surface area contributed by atoms with Gasteiger partial charge in [0.15, 0.2) is 0 Å². The second-order valence-electron chi connectivity index (χ2n) is 8.39. The molecule has 0 radical (unpaired) electrons. The first-order valence-corrected chi connectivity index (χ1v) is 10.5. The smallest absolute Gasteiger partial charge is 0.223 e. The van der Waals surface area contributed by atoms with Crippen molar-refractivity contribution in [3.05, 3.63) is 69.7 Å². The molecule has 27 heavy (non-hydrogen) atoms. The van der Waals surface area contributed by atoms with Crippen LogP contribution in [-0.2, 0) is 4.79 Å². The lowest BCUT2D eigenvalue weighted by Gasteiger charge is -2.34. The summed E-state index contributed by atoms with van der Waals surface area (Å²) in [6, 6.07) is 15.2. The molecular formula is C24H28ClNO. The average molecular weight is 382 g/mol. The molecule has 2 nitrogen and oxygen atoms in total. The number of hydrogen-bond acceptors (Lipinski definition) is 1. The van der Waals surface area contributed by atoms with E-state index in [0.717, 1.165) is 37.3 Å². The highest BCUT2D eigenvalue weighted by molar-refractivity contribution is 6.30. The zero-order chi connectivity index (χ0) is 19.0. The Morgan fingerprint density at radius 1 is 0.889 bits per heavy atom. The lowest BCUT2D eigenvalue weighted by Crippen LogP contribution is -2.24. The van der Waals surface area contributed by atoms with Crippen molar-refractivity contribution >= 4 is 17.5 Å². The van der Waals surface area contributed by atoms with E-state index in [-0.39, 0.29) is 11.8 Å². The van der Waals surface area contributed by atoms with Crippen LogP contribution in [-0.4, -0.2) is 12.5 Å². The fourth-order valence-electron chi connectivity index (χ4n) is 5.27. The van der Waals surface area contributed by atoms with Crippen LogP contribution in [0.5, 0.6) is 0 Å². The minimum atomic E-state index is 0.199. The maximum atomic E-state index is 12.3. The Morgan fingerprint density at radius 2 is 1.59 bits per heavy atom. The van der Waals surface area contributed by atoms with E-state index in [2.05, 4.69) is 49.5 Å². The molecule has 4 atom stereocenters. The van der Waals surface area contributed by atoms with E-state index in [0.29, 0.717) is 17.8 Å². The van der Waals surface area contributed by atoms with Crippen LogP contribution < -0.4 is 5.32 Å². The summed E-state index contributed by atoms with van der Waals surface area (Å²) in [5, 5.41) is 3.89. The van der Waals surface area contributed by atoms with Crippen LogP contribution in [0.3, 0.4) is 0 Å². The summed E-state index contributed by atoms with van der Waals surface area (Å²) in [5.41, 5.74) is 5.49. The van der Waals surface area contributed by atoms with Gasteiger partial charge >= 0.3 is 0 Å². The summed E-state index contributed by atoms with van der Waals surface area (Å²) in [6.45, 7) is 5.23. The molecule has 1 heterocycles. The number of rotatable bonds is 2. The maximum Gasteiger partial charge on any atom is 0.223 e. The number of fused-ring (bicyclic) bond motifs is 1. The minimum Gasteiger partial charge on any atom is -0.356 e. The predicted octanol–water partition coefficient (Wildman–Crippen LogP) is 5.76. The third-order valence-electron chi connectivity index (χ3n) is 6.69. The minimum absolute atomic E-state index is 0.199. The molecule has 1 N–H and O–H groups in total. The van der Waals surface area contributed by atoms with Crippen LogP contribution in [0, 0.1) is 25.7 Å². The summed E-state index contributed by atoms with van der Waals surface area (Å²) < 4.78 is 0. The number of amides is 1. The first kappa shape index (κ1) is 18.6. The normalized spacial score (nSPS) is 28.2. The van der Waals surface area contributed by atoms with Crippen LogP contribution in [0.15, 0.2) is 42.5 Å². The Balaban J connectivity index is 1.71. The molecule has 1 aliphatic heterocycles. The maximum absolute atomic E-state index is 12.3. The second-order valence-corrected chi connectivity index (χ2v) is 8.83. The van der Waals surface area contributed by atoms with Gasteiger partial charge in [-0.15, -0.1) is 0 Å². The van der Waals surface area contributed by atoms with E-state index in [9.17, 15) is 4.79 Å². The largest absolute Gasteiger partial charge is 0.356 e. The monoisotopic (exact) mass is 381 g/mol. The Labute approximate surface area is 167 Å². The van der Waals surface area contributed by atoms with Crippen molar-refractivity contribution in [3.8, 4) is 0 Å². The Morgan fingerprint density at radius 3 is 2.33 bits per heavy atom. The molecule has 0 spiro atoms. The molecule has 4 rings (SSSR count). The molecule has 0 bridgehead atoms. The molecule has 3 heteroatoms. The summed E-state index contributed by atoms with van der Waals surface area (Å²) >= 11 is 6.15. The lowest BCUT2D eigenvalue weighted by atomic mass is 9.69. The number of aryl methyl sites for hydroxylation is 2. The molecule has 2 aromatic carbocycles. The summed E-state index contributed by atoms with van der Waals surface area (Å²) in [7, 11) is 0. The topological polar surface area (TPSA) is 29.1 Å². The fraction of sp³-hybridized carbons (Fsp3) is 0.458. The highest BCUT2D eigenvalue weighted by atomic mass is 35.5. The molecule has 0 aromatic heterocycles. The molecule has 2 aliphatic rings. The molecule has 2 fully saturated rings. The zero-order valence-corrected chi connectivity index (χ0v) is 16.9. The van der Waals surface area contributed by atoms with Gasteiger partial charge in [0.25, 0.3) is 0 Å². The van der Waals surface area contributed by atoms with Crippen molar-refractivity contribution < 1.29 is 4.79 Å². The predicted molar refractivity (Wildman–Crippen MR) is 111 cm³/mol. The number of halogens is 1. The summed E-state index contributed by atoms with van der Waals surface area (Å²) in [5.74, 6) is 1.88. The lowest BCUT2D eigenvalue weighted by molar-refractivity contribution is -0.123. The van der Waals surface area contributed by atoms with Gasteiger partial charge in [-0.2, -0.15) is 0 Å². The Hall–Kier alpha value is -1.80. The van der Waals surface area contributed by atoms with E-state index in [1.807, 2.05) is 12.1 Å². The van der Waals surface area contributed by atoms with E-state index in [1.54, 1.807) is 0 Å². The van der Waals surface area contributed by atoms with E-state index < -0.39 is 0 Å². The van der Waals surface area contributed by atoms with Gasteiger partial charge in [-0.3, -0.25) is 4.79 Å². The fourth-order valence-corrected chi connectivity index (χ4v) is 5.39. The molecule has 1 aliphatic carbocycles. The van der Waals surface area contributed by atoms with Gasteiger partial charge in [0.05, 0.1) is 0 Å². The number of benzene rings is 2. The van der Waals surface area contributed by atoms with Crippen LogP contribution in [0.25, 0.3) is 0 Å². The van der Waals surface area contributed by atoms with Gasteiger partial charge in [0.1, 0.15) is 0 Å². The number of carbonyl (C=O) groups is 1. The first-order valence-electron chi connectivity index (χ1n) is 10.1. The molecule has 1 saturated heterocycles. The second kappa shape index (κ2) is 7.67. The van der Waals surface area contributed by atoms with Crippen molar-refractivity contribution in [2.75, 3.05) is 6.54 Å². The van der Waals surface area contributed by atoms with Crippen LogP contribution >= 0.6 is 11.6 Å². The van der Waals surface area contributed by atoms with E-state index >= 15 is 0 Å². The van der Waals surface area contributed by atoms with Gasteiger partial charge < -0.3 is 5.32 Å². The quantitative estimate of drug-likeness (QED) is 0.703. The van der Waals surface area contributed by atoms with Gasteiger partial charge in [0, 0.05) is 17.5 Å². The van der Waals surface area contributed by atoms with Gasteiger partial charge in [-0.05, 0) is 86.1 Å². The van der Waals surface area contributed by atoms with Crippen LogP contribution in [0.1, 0.15) is 59.8 Å². The number of nitrogens with one attached hydrogen (secondary N) is 1. The summed E-state index contributed by atoms with van der Waals surface area (Å²) in [4.78, 5) is 12.3. The van der Waals surface area contributed by atoms with Crippen molar-refractivity contribution in [1.29, 1.82) is 0 Å². The molecule has 142 valence electrons. The highest BCUT2D eigenvalue weighted by Gasteiger charge is 2.39. The molecule has 0 unspecified atom stereocenters. The van der Waals surface area contributed by atoms with Crippen LogP contribution in [0.2, 0.25) is 5.02 Å². The number of hydrogen-bond donors (Lipinski definition) is 1. The van der Waals surface area contributed by atoms with Crippen molar-refractivity contribution in [1.82, 2.24) is 5.32 Å². The summed E-state index contributed by atoms with van der Waals surface area (Å²) in [6.07, 6.45) is 4.28. The van der Waals surface area contributed by atoms with E-state index in [4.69, 9.17) is 11.6 Å². The average Bonchev–Trinajstić information content (AvgIpc) is 2.96. The molecule has 1 amide bonds. The van der Waals surface area contributed by atoms with Gasteiger partial charge in [0.2, 0.25) is 5.91 Å². The number of carbonyl (C=O) groups excluding carboxylic acids is 1. The first-order chi connectivity index (χ1) is 13.0. The Kier molecular flexibility index (Phi) is 5.27. The zero-order valence-electron chi connectivity index (χ0n) is 16.2. The van der Waals surface area contributed by atoms with Crippen LogP contribution in [0.4, 0.5) is 0 Å². The van der Waals surface area contributed by atoms with Gasteiger partial charge in [-0.1, -0.05) is 47.5 Å². The van der Waals surface area contributed by atoms with Crippen molar-refractivity contribution in [3.63, 3.8) is 0 Å². The highest BCUT2D eigenvalue weighted by Crippen LogP contribution is 2.46. The standard InChI is InChI=1S/C24H28ClNO/c1-15-3-9-20(16(2)13-15)23-12-11-22-18(14-26-24(22)27)6-10-21(23)17-4-7-19(25)8-5-17/h3-5,7-9,13,18,21-23H,6,10-12,14H2,1-2H3,(H,26,27)/t18-,21-,22+,23-/m0/s1.